The third kappa shape index (κ3) is 3.70. The van der Waals surface area contributed by atoms with Crippen LogP contribution < -0.4 is 0 Å². The minimum absolute atomic E-state index is 0.112. The fourth-order valence-corrected chi connectivity index (χ4v) is 4.00. The maximum absolute atomic E-state index is 13.5. The monoisotopic (exact) mass is 441 g/mol. The Morgan fingerprint density at radius 1 is 1.16 bits per heavy atom. The zero-order chi connectivity index (χ0) is 22.3. The molecule has 0 bridgehead atoms. The van der Waals surface area contributed by atoms with Gasteiger partial charge in [0.25, 0.3) is 11.7 Å². The number of carbonyl (C=O) groups is 1. The summed E-state index contributed by atoms with van der Waals surface area (Å²) in [7, 11) is 0. The number of hydrogen-bond acceptors (Lipinski definition) is 5. The fourth-order valence-electron chi connectivity index (χ4n) is 4.00. The molecule has 1 fully saturated rings. The molecule has 8 nitrogen and oxygen atoms in total. The summed E-state index contributed by atoms with van der Waals surface area (Å²) in [6.45, 7) is 0.765. The van der Waals surface area contributed by atoms with Gasteiger partial charge in [-0.05, 0) is 25.0 Å². The number of halogens is 3. The smallest absolute Gasteiger partial charge is 0.337 e. The molecule has 164 valence electrons. The lowest BCUT2D eigenvalue weighted by Gasteiger charge is -2.32. The number of fused-ring (bicyclic) bond motifs is 1. The van der Waals surface area contributed by atoms with E-state index in [0.29, 0.717) is 35.3 Å². The quantitative estimate of drug-likeness (QED) is 0.525. The van der Waals surface area contributed by atoms with Gasteiger partial charge in [-0.2, -0.15) is 32.9 Å². The van der Waals surface area contributed by atoms with Crippen molar-refractivity contribution in [3.05, 3.63) is 65.9 Å². The van der Waals surface area contributed by atoms with E-state index in [1.54, 1.807) is 11.0 Å². The Morgan fingerprint density at radius 3 is 2.75 bits per heavy atom. The Kier molecular flexibility index (Phi) is 4.87. The zero-order valence-electron chi connectivity index (χ0n) is 16.8. The molecule has 1 aromatic carbocycles. The first kappa shape index (κ1) is 20.2. The highest BCUT2D eigenvalue weighted by Crippen LogP contribution is 2.33. The molecule has 0 spiro atoms. The van der Waals surface area contributed by atoms with Crippen LogP contribution >= 0.6 is 0 Å². The predicted molar refractivity (Wildman–Crippen MR) is 108 cm³/mol. The van der Waals surface area contributed by atoms with Gasteiger partial charge in [-0.1, -0.05) is 30.3 Å². The van der Waals surface area contributed by atoms with Crippen molar-refractivity contribution in [2.24, 2.45) is 0 Å². The molecule has 1 atom stereocenters. The first-order valence-corrected chi connectivity index (χ1v) is 10.1. The molecule has 32 heavy (non-hydrogen) atoms. The molecule has 1 aliphatic heterocycles. The maximum atomic E-state index is 13.5. The van der Waals surface area contributed by atoms with Crippen LogP contribution in [0.2, 0.25) is 0 Å². The maximum Gasteiger partial charge on any atom is 0.433 e. The van der Waals surface area contributed by atoms with Gasteiger partial charge in [0.05, 0.1) is 11.4 Å². The van der Waals surface area contributed by atoms with Crippen molar-refractivity contribution >= 4 is 11.7 Å². The van der Waals surface area contributed by atoms with E-state index < -0.39 is 11.9 Å². The van der Waals surface area contributed by atoms with Gasteiger partial charge in [-0.15, -0.1) is 0 Å². The largest absolute Gasteiger partial charge is 0.433 e. The molecular weight excluding hydrogens is 423 g/mol. The molecule has 11 heteroatoms. The number of aromatic nitrogens is 6. The molecule has 1 aliphatic rings. The SMILES string of the molecule is O=C(c1cc(-c2ccccc2)n[nH]1)N1CCCC(c2cc(C(F)(F)F)n3ncnc3n2)C1. The van der Waals surface area contributed by atoms with Crippen LogP contribution in [-0.2, 0) is 6.18 Å². The Morgan fingerprint density at radius 2 is 1.97 bits per heavy atom. The van der Waals surface area contributed by atoms with E-state index in [9.17, 15) is 18.0 Å². The Labute approximate surface area is 180 Å². The fraction of sp³-hybridized carbons (Fsp3) is 0.286. The molecule has 1 N–H and O–H groups in total. The van der Waals surface area contributed by atoms with Crippen molar-refractivity contribution in [2.45, 2.75) is 24.9 Å². The lowest BCUT2D eigenvalue weighted by molar-refractivity contribution is -0.142. The molecular formula is C21H18F3N7O. The van der Waals surface area contributed by atoms with Crippen molar-refractivity contribution in [3.63, 3.8) is 0 Å². The van der Waals surface area contributed by atoms with Crippen molar-refractivity contribution in [1.82, 2.24) is 34.7 Å². The van der Waals surface area contributed by atoms with Gasteiger partial charge in [-0.3, -0.25) is 9.89 Å². The Bertz CT molecular complexity index is 1270. The first-order valence-electron chi connectivity index (χ1n) is 10.1. The van der Waals surface area contributed by atoms with E-state index in [1.807, 2.05) is 30.3 Å². The molecule has 5 rings (SSSR count). The van der Waals surface area contributed by atoms with Crippen molar-refractivity contribution < 1.29 is 18.0 Å². The Balaban J connectivity index is 1.39. The van der Waals surface area contributed by atoms with E-state index in [1.165, 1.54) is 0 Å². The highest BCUT2D eigenvalue weighted by atomic mass is 19.4. The third-order valence-electron chi connectivity index (χ3n) is 5.57. The number of nitrogens with one attached hydrogen (secondary N) is 1. The molecule has 0 aliphatic carbocycles. The normalized spacial score (nSPS) is 17.1. The Hall–Kier alpha value is -3.76. The van der Waals surface area contributed by atoms with Gasteiger partial charge < -0.3 is 4.90 Å². The molecule has 4 aromatic rings. The standard InChI is InChI=1S/C21H18F3N7O/c22-21(23,24)18-10-15(27-20-25-12-26-31(18)20)14-7-4-8-30(11-14)19(32)17-9-16(28-29-17)13-5-2-1-3-6-13/h1-3,5-6,9-10,12,14H,4,7-8,11H2,(H,28,29). The van der Waals surface area contributed by atoms with Gasteiger partial charge in [0.1, 0.15) is 12.0 Å². The summed E-state index contributed by atoms with van der Waals surface area (Å²) in [6.07, 6.45) is -2.29. The van der Waals surface area contributed by atoms with E-state index in [4.69, 9.17) is 0 Å². The highest BCUT2D eigenvalue weighted by Gasteiger charge is 2.37. The number of nitrogens with zero attached hydrogens (tertiary/aromatic N) is 6. The van der Waals surface area contributed by atoms with Crippen molar-refractivity contribution in [1.29, 1.82) is 0 Å². The van der Waals surface area contributed by atoms with Crippen LogP contribution in [0, 0.1) is 0 Å². The topological polar surface area (TPSA) is 92.1 Å². The number of hydrogen-bond donors (Lipinski definition) is 1. The number of H-pyrrole nitrogens is 1. The van der Waals surface area contributed by atoms with Crippen LogP contribution in [0.15, 0.2) is 48.8 Å². The van der Waals surface area contributed by atoms with Crippen LogP contribution in [-0.4, -0.2) is 53.7 Å². The van der Waals surface area contributed by atoms with Crippen LogP contribution in [0.3, 0.4) is 0 Å². The third-order valence-corrected chi connectivity index (χ3v) is 5.57. The molecule has 1 saturated heterocycles. The van der Waals surface area contributed by atoms with Crippen LogP contribution in [0.25, 0.3) is 17.0 Å². The molecule has 0 saturated carbocycles. The first-order chi connectivity index (χ1) is 15.4. The van der Waals surface area contributed by atoms with Gasteiger partial charge in [0.2, 0.25) is 0 Å². The summed E-state index contributed by atoms with van der Waals surface area (Å²) in [5.74, 6) is -0.699. The summed E-state index contributed by atoms with van der Waals surface area (Å²) >= 11 is 0. The van der Waals surface area contributed by atoms with E-state index in [-0.39, 0.29) is 29.8 Å². The lowest BCUT2D eigenvalue weighted by Crippen LogP contribution is -2.39. The van der Waals surface area contributed by atoms with Crippen LogP contribution in [0.1, 0.15) is 40.6 Å². The van der Waals surface area contributed by atoms with Gasteiger partial charge >= 0.3 is 6.18 Å². The molecule has 1 unspecified atom stereocenters. The number of aromatic amines is 1. The summed E-state index contributed by atoms with van der Waals surface area (Å²) in [5.41, 5.74) is 1.19. The molecule has 1 amide bonds. The average Bonchev–Trinajstić information content (AvgIpc) is 3.48. The van der Waals surface area contributed by atoms with Gasteiger partial charge in [-0.25, -0.2) is 4.98 Å². The molecule has 4 heterocycles. The minimum Gasteiger partial charge on any atom is -0.337 e. The molecule has 0 radical (unpaired) electrons. The number of piperidine rings is 1. The van der Waals surface area contributed by atoms with Gasteiger partial charge in [0, 0.05) is 24.6 Å². The van der Waals surface area contributed by atoms with Crippen LogP contribution in [0.5, 0.6) is 0 Å². The average molecular weight is 441 g/mol. The number of alkyl halides is 3. The molecule has 3 aromatic heterocycles. The van der Waals surface area contributed by atoms with Crippen molar-refractivity contribution in [2.75, 3.05) is 13.1 Å². The predicted octanol–water partition coefficient (Wildman–Crippen LogP) is 3.55. The number of benzene rings is 1. The minimum atomic E-state index is -4.60. The highest BCUT2D eigenvalue weighted by molar-refractivity contribution is 5.93. The van der Waals surface area contributed by atoms with Crippen LogP contribution in [0.4, 0.5) is 13.2 Å². The summed E-state index contributed by atoms with van der Waals surface area (Å²) in [4.78, 5) is 22.8. The number of likely N-dealkylation sites (tertiary alicyclic amines) is 1. The number of carbonyl (C=O) groups excluding carboxylic acids is 1. The van der Waals surface area contributed by atoms with E-state index >= 15 is 0 Å². The van der Waals surface area contributed by atoms with Crippen molar-refractivity contribution in [3.8, 4) is 11.3 Å². The van der Waals surface area contributed by atoms with E-state index in [0.717, 1.165) is 18.0 Å². The second kappa shape index (κ2) is 7.74. The number of rotatable bonds is 3. The summed E-state index contributed by atoms with van der Waals surface area (Å²) < 4.78 is 41.2. The number of amides is 1. The summed E-state index contributed by atoms with van der Waals surface area (Å²) in [5, 5.41) is 10.6. The lowest BCUT2D eigenvalue weighted by atomic mass is 9.94. The van der Waals surface area contributed by atoms with Gasteiger partial charge in [0.15, 0.2) is 5.69 Å². The second-order valence-corrected chi connectivity index (χ2v) is 7.66. The second-order valence-electron chi connectivity index (χ2n) is 7.66. The van der Waals surface area contributed by atoms with E-state index in [2.05, 4.69) is 25.3 Å². The zero-order valence-corrected chi connectivity index (χ0v) is 16.8. The summed E-state index contributed by atoms with van der Waals surface area (Å²) in [6, 6.07) is 12.1.